The second kappa shape index (κ2) is 11.9. The minimum Gasteiger partial charge on any atom is -0.508 e. The summed E-state index contributed by atoms with van der Waals surface area (Å²) in [4.78, 5) is 46.5. The highest BCUT2D eigenvalue weighted by atomic mass is 16.5. The van der Waals surface area contributed by atoms with Crippen molar-refractivity contribution in [2.45, 2.75) is 51.7 Å². The zero-order chi connectivity index (χ0) is 29.9. The number of phenols is 1. The van der Waals surface area contributed by atoms with Crippen molar-refractivity contribution < 1.29 is 33.7 Å². The normalized spacial score (nSPS) is 18.2. The Morgan fingerprint density at radius 3 is 2.41 bits per heavy atom. The SMILES string of the molecule is COc1ccc([C@H]2CN(C(C)=O)[C@@](C)(C(=O)Oc3cccc(C(=O)N(C)c4ccc(O)cc4)n3)C2)cc1OC(C)C. The Balaban J connectivity index is 1.55. The molecule has 10 heteroatoms. The maximum atomic E-state index is 13.6. The number of carbonyl (C=O) groups is 3. The summed E-state index contributed by atoms with van der Waals surface area (Å²) in [5.74, 6) is -0.263. The first-order valence-electron chi connectivity index (χ1n) is 13.3. The molecule has 216 valence electrons. The maximum Gasteiger partial charge on any atom is 0.338 e. The topological polar surface area (TPSA) is 118 Å². The lowest BCUT2D eigenvalue weighted by Gasteiger charge is -2.31. The predicted molar refractivity (Wildman–Crippen MR) is 153 cm³/mol. The third-order valence-electron chi connectivity index (χ3n) is 7.17. The van der Waals surface area contributed by atoms with Gasteiger partial charge < -0.3 is 29.1 Å². The van der Waals surface area contributed by atoms with Crippen molar-refractivity contribution in [1.29, 1.82) is 0 Å². The van der Waals surface area contributed by atoms with Crippen molar-refractivity contribution in [1.82, 2.24) is 9.88 Å². The van der Waals surface area contributed by atoms with Crippen LogP contribution < -0.4 is 19.1 Å². The molecule has 1 fully saturated rings. The van der Waals surface area contributed by atoms with Crippen LogP contribution in [0.2, 0.25) is 0 Å². The molecule has 0 spiro atoms. The summed E-state index contributed by atoms with van der Waals surface area (Å²) in [5, 5.41) is 9.52. The van der Waals surface area contributed by atoms with Crippen molar-refractivity contribution in [3.63, 3.8) is 0 Å². The van der Waals surface area contributed by atoms with E-state index in [1.807, 2.05) is 32.0 Å². The molecule has 3 aromatic rings. The van der Waals surface area contributed by atoms with Crippen LogP contribution in [0.5, 0.6) is 23.1 Å². The summed E-state index contributed by atoms with van der Waals surface area (Å²) < 4.78 is 17.0. The van der Waals surface area contributed by atoms with Gasteiger partial charge in [-0.05, 0) is 75.2 Å². The van der Waals surface area contributed by atoms with Gasteiger partial charge in [-0.2, -0.15) is 0 Å². The number of hydrogen-bond acceptors (Lipinski definition) is 8. The fourth-order valence-electron chi connectivity index (χ4n) is 5.02. The summed E-state index contributed by atoms with van der Waals surface area (Å²) in [7, 11) is 3.15. The van der Waals surface area contributed by atoms with Crippen LogP contribution in [0.25, 0.3) is 0 Å². The second-order valence-electron chi connectivity index (χ2n) is 10.5. The molecule has 10 nitrogen and oxygen atoms in total. The molecular formula is C31H35N3O7. The van der Waals surface area contributed by atoms with Gasteiger partial charge in [0.1, 0.15) is 17.0 Å². The summed E-state index contributed by atoms with van der Waals surface area (Å²) in [6.07, 6.45) is 0.258. The minimum absolute atomic E-state index is 0.0507. The van der Waals surface area contributed by atoms with Crippen molar-refractivity contribution in [2.24, 2.45) is 0 Å². The Kier molecular flexibility index (Phi) is 8.51. The molecule has 41 heavy (non-hydrogen) atoms. The Labute approximate surface area is 239 Å². The number of aromatic hydroxyl groups is 1. The molecule has 1 aromatic heterocycles. The first kappa shape index (κ1) is 29.4. The Bertz CT molecular complexity index is 1440. The van der Waals surface area contributed by atoms with Crippen LogP contribution in [0.4, 0.5) is 5.69 Å². The van der Waals surface area contributed by atoms with E-state index < -0.39 is 17.4 Å². The van der Waals surface area contributed by atoms with E-state index in [2.05, 4.69) is 4.98 Å². The van der Waals surface area contributed by atoms with Crippen molar-refractivity contribution in [3.05, 3.63) is 71.9 Å². The first-order chi connectivity index (χ1) is 19.4. The monoisotopic (exact) mass is 561 g/mol. The number of esters is 1. The van der Waals surface area contributed by atoms with E-state index >= 15 is 0 Å². The molecule has 1 saturated heterocycles. The third kappa shape index (κ3) is 6.26. The van der Waals surface area contributed by atoms with Gasteiger partial charge in [-0.25, -0.2) is 9.78 Å². The number of aromatic nitrogens is 1. The van der Waals surface area contributed by atoms with Crippen LogP contribution in [0.1, 0.15) is 56.1 Å². The van der Waals surface area contributed by atoms with Crippen molar-refractivity contribution >= 4 is 23.5 Å². The Morgan fingerprint density at radius 1 is 1.07 bits per heavy atom. The number of phenolic OH excluding ortho intramolecular Hbond substituents is 1. The zero-order valence-electron chi connectivity index (χ0n) is 24.1. The van der Waals surface area contributed by atoms with Crippen LogP contribution in [0.15, 0.2) is 60.7 Å². The number of hydrogen-bond donors (Lipinski definition) is 1. The maximum absolute atomic E-state index is 13.6. The van der Waals surface area contributed by atoms with Crippen LogP contribution in [-0.2, 0) is 9.59 Å². The molecule has 1 aliphatic heterocycles. The molecular weight excluding hydrogens is 526 g/mol. The lowest BCUT2D eigenvalue weighted by atomic mass is 9.89. The smallest absolute Gasteiger partial charge is 0.338 e. The average Bonchev–Trinajstić information content (AvgIpc) is 3.31. The Morgan fingerprint density at radius 2 is 1.78 bits per heavy atom. The molecule has 0 bridgehead atoms. The summed E-state index contributed by atoms with van der Waals surface area (Å²) in [6, 6.07) is 16.4. The molecule has 0 saturated carbocycles. The van der Waals surface area contributed by atoms with Crippen molar-refractivity contribution in [3.8, 4) is 23.1 Å². The highest BCUT2D eigenvalue weighted by Gasteiger charge is 2.51. The van der Waals surface area contributed by atoms with Gasteiger partial charge in [0.2, 0.25) is 11.8 Å². The molecule has 2 heterocycles. The molecule has 0 unspecified atom stereocenters. The molecule has 2 atom stereocenters. The van der Waals surface area contributed by atoms with E-state index in [0.29, 0.717) is 30.2 Å². The third-order valence-corrected chi connectivity index (χ3v) is 7.17. The number of methoxy groups -OCH3 is 1. The highest BCUT2D eigenvalue weighted by Crippen LogP contribution is 2.42. The molecule has 0 aliphatic carbocycles. The number of amides is 2. The van der Waals surface area contributed by atoms with Gasteiger partial charge in [0.05, 0.1) is 13.2 Å². The highest BCUT2D eigenvalue weighted by molar-refractivity contribution is 6.04. The van der Waals surface area contributed by atoms with Gasteiger partial charge in [0, 0.05) is 38.2 Å². The number of pyridine rings is 1. The van der Waals surface area contributed by atoms with E-state index in [1.165, 1.54) is 41.0 Å². The fraction of sp³-hybridized carbons (Fsp3) is 0.355. The summed E-state index contributed by atoms with van der Waals surface area (Å²) >= 11 is 0. The minimum atomic E-state index is -1.26. The lowest BCUT2D eigenvalue weighted by molar-refractivity contribution is -0.152. The van der Waals surface area contributed by atoms with E-state index in [1.54, 1.807) is 39.3 Å². The fourth-order valence-corrected chi connectivity index (χ4v) is 5.02. The van der Waals surface area contributed by atoms with Gasteiger partial charge in [-0.1, -0.05) is 12.1 Å². The van der Waals surface area contributed by atoms with Crippen LogP contribution in [0.3, 0.4) is 0 Å². The number of benzene rings is 2. The average molecular weight is 562 g/mol. The van der Waals surface area contributed by atoms with Gasteiger partial charge in [-0.15, -0.1) is 0 Å². The largest absolute Gasteiger partial charge is 0.508 e. The number of likely N-dealkylation sites (tertiary alicyclic amines) is 1. The number of ether oxygens (including phenoxy) is 3. The zero-order valence-corrected chi connectivity index (χ0v) is 24.1. The molecule has 2 amide bonds. The molecule has 2 aromatic carbocycles. The van der Waals surface area contributed by atoms with E-state index in [9.17, 15) is 19.5 Å². The molecule has 1 N–H and O–H groups in total. The molecule has 1 aliphatic rings. The van der Waals surface area contributed by atoms with Crippen LogP contribution in [0, 0.1) is 0 Å². The van der Waals surface area contributed by atoms with E-state index in [4.69, 9.17) is 14.2 Å². The Hall–Kier alpha value is -4.60. The quantitative estimate of drug-likeness (QED) is 0.398. The van der Waals surface area contributed by atoms with Gasteiger partial charge in [0.25, 0.3) is 5.91 Å². The molecule has 0 radical (unpaired) electrons. The predicted octanol–water partition coefficient (Wildman–Crippen LogP) is 4.56. The van der Waals surface area contributed by atoms with Gasteiger partial charge in [0.15, 0.2) is 11.5 Å². The number of anilines is 1. The second-order valence-corrected chi connectivity index (χ2v) is 10.5. The summed E-state index contributed by atoms with van der Waals surface area (Å²) in [5.41, 5.74) is 0.269. The number of rotatable bonds is 8. The lowest BCUT2D eigenvalue weighted by Crippen LogP contribution is -2.52. The van der Waals surface area contributed by atoms with E-state index in [0.717, 1.165) is 5.56 Å². The van der Waals surface area contributed by atoms with E-state index in [-0.39, 0.29) is 35.3 Å². The van der Waals surface area contributed by atoms with Gasteiger partial charge in [-0.3, -0.25) is 9.59 Å². The molecule has 4 rings (SSSR count). The van der Waals surface area contributed by atoms with Gasteiger partial charge >= 0.3 is 5.97 Å². The van der Waals surface area contributed by atoms with Crippen molar-refractivity contribution in [2.75, 3.05) is 25.6 Å². The number of carbonyl (C=O) groups excluding carboxylic acids is 3. The van der Waals surface area contributed by atoms with Crippen LogP contribution >= 0.6 is 0 Å². The summed E-state index contributed by atoms with van der Waals surface area (Å²) in [6.45, 7) is 7.27. The van der Waals surface area contributed by atoms with Crippen LogP contribution in [-0.4, -0.2) is 65.1 Å². The standard InChI is InChI=1S/C31H35N3O7/c1-19(2)40-27-16-21(10-15-26(27)39-6)22-17-31(4,34(18-22)20(3)35)30(38)41-28-9-7-8-25(32-28)29(37)33(5)23-11-13-24(36)14-12-23/h7-16,19,22,36H,17-18H2,1-6H3/t22-,31-/m1/s1. The number of nitrogens with zero attached hydrogens (tertiary/aromatic N) is 3. The first-order valence-corrected chi connectivity index (χ1v) is 13.3.